The highest BCUT2D eigenvalue weighted by atomic mass is 16.3. The molecule has 114 valence electrons. The topological polar surface area (TPSA) is 43.7 Å². The molecule has 22 heavy (non-hydrogen) atoms. The van der Waals surface area contributed by atoms with Crippen molar-refractivity contribution in [3.63, 3.8) is 0 Å². The summed E-state index contributed by atoms with van der Waals surface area (Å²) in [4.78, 5) is 2.16. The molecule has 0 bridgehead atoms. The summed E-state index contributed by atoms with van der Waals surface area (Å²) in [6.45, 7) is 4.22. The molecule has 2 aromatic rings. The lowest BCUT2D eigenvalue weighted by molar-refractivity contribution is 0.321. The average Bonchev–Trinajstić information content (AvgIpc) is 2.50. The second-order valence-corrected chi connectivity index (χ2v) is 6.13. The van der Waals surface area contributed by atoms with Gasteiger partial charge in [0.05, 0.1) is 0 Å². The molecule has 2 aromatic carbocycles. The molecule has 0 heterocycles. The van der Waals surface area contributed by atoms with Crippen molar-refractivity contribution in [1.82, 2.24) is 4.90 Å². The lowest BCUT2D eigenvalue weighted by Gasteiger charge is -2.37. The highest BCUT2D eigenvalue weighted by Gasteiger charge is 2.32. The van der Waals surface area contributed by atoms with Crippen LogP contribution in [0.15, 0.2) is 49.0 Å². The minimum absolute atomic E-state index is 0.0733. The van der Waals surface area contributed by atoms with Crippen molar-refractivity contribution in [2.75, 3.05) is 14.1 Å². The molecule has 1 aliphatic rings. The van der Waals surface area contributed by atoms with E-state index in [0.717, 1.165) is 23.1 Å². The van der Waals surface area contributed by atoms with Crippen molar-refractivity contribution in [3.05, 3.63) is 65.7 Å². The Morgan fingerprint density at radius 3 is 2.32 bits per heavy atom. The van der Waals surface area contributed by atoms with E-state index in [1.165, 1.54) is 5.56 Å². The van der Waals surface area contributed by atoms with E-state index >= 15 is 0 Å². The van der Waals surface area contributed by atoms with Crippen LogP contribution >= 0.6 is 0 Å². The molecule has 0 saturated heterocycles. The second kappa shape index (κ2) is 5.50. The second-order valence-electron chi connectivity index (χ2n) is 6.13. The maximum Gasteiger partial charge on any atom is 0.158 e. The van der Waals surface area contributed by atoms with Crippen molar-refractivity contribution in [1.29, 1.82) is 0 Å². The Labute approximate surface area is 131 Å². The van der Waals surface area contributed by atoms with Crippen LogP contribution in [0.2, 0.25) is 0 Å². The van der Waals surface area contributed by atoms with Crippen LogP contribution in [0.1, 0.15) is 29.0 Å². The molecule has 2 N–H and O–H groups in total. The summed E-state index contributed by atoms with van der Waals surface area (Å²) >= 11 is 0. The van der Waals surface area contributed by atoms with Gasteiger partial charge >= 0.3 is 0 Å². The quantitative estimate of drug-likeness (QED) is 0.832. The summed E-state index contributed by atoms with van der Waals surface area (Å²) in [6, 6.07) is 13.8. The largest absolute Gasteiger partial charge is 0.504 e. The normalized spacial score (nSPS) is 21.0. The number of phenols is 2. The summed E-state index contributed by atoms with van der Waals surface area (Å²) in [5.74, 6) is 0.0162. The molecule has 2 unspecified atom stereocenters. The number of rotatable bonds is 2. The van der Waals surface area contributed by atoms with E-state index < -0.39 is 0 Å². The Bertz CT molecular complexity index is 707. The van der Waals surface area contributed by atoms with E-state index in [4.69, 9.17) is 0 Å². The monoisotopic (exact) mass is 295 g/mol. The van der Waals surface area contributed by atoms with Gasteiger partial charge < -0.3 is 15.1 Å². The summed E-state index contributed by atoms with van der Waals surface area (Å²) in [5, 5.41) is 19.8. The van der Waals surface area contributed by atoms with E-state index in [1.807, 2.05) is 32.3 Å². The zero-order valence-electron chi connectivity index (χ0n) is 13.0. The number of hydrogen-bond acceptors (Lipinski definition) is 3. The number of phenolic OH excluding ortho intramolecular Hbond substituents is 2. The third-order valence-electron chi connectivity index (χ3n) is 4.55. The van der Waals surface area contributed by atoms with Gasteiger partial charge in [0.1, 0.15) is 0 Å². The van der Waals surface area contributed by atoms with Gasteiger partial charge in [-0.05, 0) is 54.9 Å². The fourth-order valence-electron chi connectivity index (χ4n) is 3.35. The summed E-state index contributed by atoms with van der Waals surface area (Å²) < 4.78 is 0. The molecule has 0 aliphatic heterocycles. The van der Waals surface area contributed by atoms with Crippen LogP contribution in [0, 0.1) is 0 Å². The first-order chi connectivity index (χ1) is 10.5. The minimum atomic E-state index is -0.0916. The first kappa shape index (κ1) is 14.7. The van der Waals surface area contributed by atoms with Gasteiger partial charge in [-0.15, -0.1) is 0 Å². The molecular weight excluding hydrogens is 274 g/mol. The molecule has 0 amide bonds. The predicted octanol–water partition coefficient (Wildman–Crippen LogP) is 3.58. The number of fused-ring (bicyclic) bond motifs is 1. The molecule has 0 aromatic heterocycles. The van der Waals surface area contributed by atoms with E-state index in [1.54, 1.807) is 12.1 Å². The first-order valence-electron chi connectivity index (χ1n) is 7.45. The van der Waals surface area contributed by atoms with E-state index in [0.29, 0.717) is 0 Å². The van der Waals surface area contributed by atoms with Gasteiger partial charge in [0.2, 0.25) is 0 Å². The van der Waals surface area contributed by atoms with Crippen LogP contribution < -0.4 is 0 Å². The molecule has 3 nitrogen and oxygen atoms in total. The highest BCUT2D eigenvalue weighted by molar-refractivity contribution is 5.76. The molecular formula is C19H21NO2. The predicted molar refractivity (Wildman–Crippen MR) is 89.2 cm³/mol. The maximum atomic E-state index is 9.91. The van der Waals surface area contributed by atoms with Crippen molar-refractivity contribution >= 4 is 5.57 Å². The van der Waals surface area contributed by atoms with Gasteiger partial charge in [-0.3, -0.25) is 0 Å². The van der Waals surface area contributed by atoms with Crippen LogP contribution in [0.5, 0.6) is 11.5 Å². The number of nitrogens with zero attached hydrogens (tertiary/aromatic N) is 1. The van der Waals surface area contributed by atoms with Crippen LogP contribution in [0.4, 0.5) is 0 Å². The van der Waals surface area contributed by atoms with Gasteiger partial charge in [0, 0.05) is 12.0 Å². The SMILES string of the molecule is C=C1c2cc(O)c(O)cc2C(c2ccccc2)CC1N(C)C. The molecule has 3 rings (SSSR count). The third kappa shape index (κ3) is 2.38. The van der Waals surface area contributed by atoms with Crippen LogP contribution in [-0.2, 0) is 0 Å². The van der Waals surface area contributed by atoms with Crippen molar-refractivity contribution in [3.8, 4) is 11.5 Å². The van der Waals surface area contributed by atoms with Gasteiger partial charge in [-0.25, -0.2) is 0 Å². The minimum Gasteiger partial charge on any atom is -0.504 e. The Morgan fingerprint density at radius 1 is 1.05 bits per heavy atom. The van der Waals surface area contributed by atoms with Crippen LogP contribution in [-0.4, -0.2) is 35.3 Å². The molecule has 0 spiro atoms. The Hall–Kier alpha value is -2.26. The smallest absolute Gasteiger partial charge is 0.158 e. The summed E-state index contributed by atoms with van der Waals surface area (Å²) in [7, 11) is 4.09. The molecule has 2 atom stereocenters. The van der Waals surface area contributed by atoms with Gasteiger partial charge in [0.25, 0.3) is 0 Å². The maximum absolute atomic E-state index is 9.91. The summed E-state index contributed by atoms with van der Waals surface area (Å²) in [6.07, 6.45) is 0.910. The fourth-order valence-corrected chi connectivity index (χ4v) is 3.35. The van der Waals surface area contributed by atoms with Crippen molar-refractivity contribution < 1.29 is 10.2 Å². The Morgan fingerprint density at radius 2 is 1.68 bits per heavy atom. The van der Waals surface area contributed by atoms with Crippen LogP contribution in [0.3, 0.4) is 0 Å². The van der Waals surface area contributed by atoms with Gasteiger partial charge in [0.15, 0.2) is 11.5 Å². The van der Waals surface area contributed by atoms with E-state index in [9.17, 15) is 10.2 Å². The Kier molecular flexibility index (Phi) is 3.67. The number of aromatic hydroxyl groups is 2. The molecule has 0 fully saturated rings. The third-order valence-corrected chi connectivity index (χ3v) is 4.55. The standard InChI is InChI=1S/C19H21NO2/c1-12-14-10-18(21)19(22)11-16(14)15(9-17(12)20(2)3)13-7-5-4-6-8-13/h4-8,10-11,15,17,21-22H,1,9H2,2-3H3. The lowest BCUT2D eigenvalue weighted by Crippen LogP contribution is -2.34. The zero-order chi connectivity index (χ0) is 15.9. The zero-order valence-corrected chi connectivity index (χ0v) is 13.0. The van der Waals surface area contributed by atoms with Gasteiger partial charge in [-0.2, -0.15) is 0 Å². The number of likely N-dealkylation sites (N-methyl/N-ethyl adjacent to an activating group) is 1. The molecule has 1 aliphatic carbocycles. The molecule has 3 heteroatoms. The van der Waals surface area contributed by atoms with E-state index in [2.05, 4.69) is 23.6 Å². The average molecular weight is 295 g/mol. The van der Waals surface area contributed by atoms with Crippen molar-refractivity contribution in [2.24, 2.45) is 0 Å². The number of benzene rings is 2. The van der Waals surface area contributed by atoms with E-state index in [-0.39, 0.29) is 23.5 Å². The highest BCUT2D eigenvalue weighted by Crippen LogP contribution is 2.46. The lowest BCUT2D eigenvalue weighted by atomic mass is 9.74. The number of hydrogen-bond donors (Lipinski definition) is 2. The van der Waals surface area contributed by atoms with Gasteiger partial charge in [-0.1, -0.05) is 36.9 Å². The molecule has 0 saturated carbocycles. The summed E-state index contributed by atoms with van der Waals surface area (Å²) in [5.41, 5.74) is 4.18. The van der Waals surface area contributed by atoms with Crippen molar-refractivity contribution in [2.45, 2.75) is 18.4 Å². The molecule has 0 radical (unpaired) electrons. The Balaban J connectivity index is 2.18. The fraction of sp³-hybridized carbons (Fsp3) is 0.263. The van der Waals surface area contributed by atoms with Crippen LogP contribution in [0.25, 0.3) is 5.57 Å². The first-order valence-corrected chi connectivity index (χ1v) is 7.45.